The molecule has 126 valence electrons. The third kappa shape index (κ3) is 3.12. The molecule has 1 fully saturated rings. The van der Waals surface area contributed by atoms with Crippen molar-refractivity contribution in [2.45, 2.75) is 45.6 Å². The van der Waals surface area contributed by atoms with E-state index in [2.05, 4.69) is 16.5 Å². The summed E-state index contributed by atoms with van der Waals surface area (Å²) in [5, 5.41) is 0. The van der Waals surface area contributed by atoms with Gasteiger partial charge in [0, 0.05) is 25.7 Å². The predicted molar refractivity (Wildman–Crippen MR) is 90.8 cm³/mol. The summed E-state index contributed by atoms with van der Waals surface area (Å²) in [6.45, 7) is 5.15. The third-order valence-corrected chi connectivity index (χ3v) is 6.38. The first-order valence-electron chi connectivity index (χ1n) is 8.36. The number of aromatic nitrogens is 3. The van der Waals surface area contributed by atoms with Gasteiger partial charge >= 0.3 is 0 Å². The molecular weight excluding hydrogens is 312 g/mol. The van der Waals surface area contributed by atoms with Crippen molar-refractivity contribution < 1.29 is 8.42 Å². The minimum atomic E-state index is -3.13. The molecule has 23 heavy (non-hydrogen) atoms. The smallest absolute Gasteiger partial charge is 0.214 e. The topological polar surface area (TPSA) is 68.1 Å². The van der Waals surface area contributed by atoms with Crippen molar-refractivity contribution in [3.63, 3.8) is 0 Å². The van der Waals surface area contributed by atoms with Crippen LogP contribution in [0.5, 0.6) is 0 Å². The van der Waals surface area contributed by atoms with Gasteiger partial charge in [0.25, 0.3) is 0 Å². The summed E-state index contributed by atoms with van der Waals surface area (Å²) in [7, 11) is -3.13. The Morgan fingerprint density at radius 3 is 2.87 bits per heavy atom. The van der Waals surface area contributed by atoms with E-state index in [1.165, 1.54) is 0 Å². The molecular formula is C16H24N4O2S. The Morgan fingerprint density at radius 2 is 2.13 bits per heavy atom. The van der Waals surface area contributed by atoms with Gasteiger partial charge in [-0.15, -0.1) is 0 Å². The van der Waals surface area contributed by atoms with Gasteiger partial charge in [0.1, 0.15) is 11.3 Å². The van der Waals surface area contributed by atoms with E-state index >= 15 is 0 Å². The minimum Gasteiger partial charge on any atom is -0.308 e. The van der Waals surface area contributed by atoms with Crippen LogP contribution in [0.4, 0.5) is 0 Å². The third-order valence-electron chi connectivity index (χ3n) is 4.34. The van der Waals surface area contributed by atoms with Gasteiger partial charge in [0.05, 0.1) is 11.8 Å². The van der Waals surface area contributed by atoms with Crippen LogP contribution >= 0.6 is 0 Å². The number of sulfonamides is 1. The molecule has 1 aliphatic heterocycles. The highest BCUT2D eigenvalue weighted by atomic mass is 32.2. The molecule has 1 atom stereocenters. The van der Waals surface area contributed by atoms with E-state index in [1.54, 1.807) is 10.5 Å². The lowest BCUT2D eigenvalue weighted by molar-refractivity contribution is 0.449. The number of rotatable bonds is 6. The van der Waals surface area contributed by atoms with E-state index in [0.717, 1.165) is 36.3 Å². The fourth-order valence-electron chi connectivity index (χ4n) is 3.32. The van der Waals surface area contributed by atoms with Gasteiger partial charge in [-0.1, -0.05) is 13.8 Å². The molecule has 0 radical (unpaired) electrons. The van der Waals surface area contributed by atoms with Gasteiger partial charge in [-0.2, -0.15) is 4.31 Å². The molecule has 3 heterocycles. The molecule has 0 aromatic carbocycles. The molecule has 0 N–H and O–H groups in total. The molecule has 1 saturated heterocycles. The van der Waals surface area contributed by atoms with Gasteiger partial charge in [-0.3, -0.25) is 0 Å². The normalized spacial score (nSPS) is 19.7. The van der Waals surface area contributed by atoms with Gasteiger partial charge in [-0.05, 0) is 31.4 Å². The SMILES string of the molecule is CCCc1nc2cccnc2n1C1CCN(S(=O)(=O)CCC)C1. The van der Waals surface area contributed by atoms with Crippen LogP contribution in [-0.2, 0) is 16.4 Å². The molecule has 7 heteroatoms. The summed E-state index contributed by atoms with van der Waals surface area (Å²) < 4.78 is 28.4. The highest BCUT2D eigenvalue weighted by molar-refractivity contribution is 7.89. The lowest BCUT2D eigenvalue weighted by Gasteiger charge is -2.18. The quantitative estimate of drug-likeness (QED) is 0.812. The first-order chi connectivity index (χ1) is 11.1. The van der Waals surface area contributed by atoms with E-state index in [-0.39, 0.29) is 11.8 Å². The Hall–Kier alpha value is -1.47. The predicted octanol–water partition coefficient (Wildman–Crippen LogP) is 2.37. The fraction of sp³-hybridized carbons (Fsp3) is 0.625. The standard InChI is InChI=1S/C16H24N4O2S/c1-3-6-15-18-14-7-5-9-17-16(14)20(15)13-8-10-19(12-13)23(21,22)11-4-2/h5,7,9,13H,3-4,6,8,10-12H2,1-2H3. The Kier molecular flexibility index (Phi) is 4.68. The first kappa shape index (κ1) is 16.4. The largest absolute Gasteiger partial charge is 0.308 e. The van der Waals surface area contributed by atoms with Gasteiger partial charge in [0.15, 0.2) is 5.65 Å². The Labute approximate surface area is 137 Å². The van der Waals surface area contributed by atoms with Crippen LogP contribution in [0, 0.1) is 0 Å². The maximum Gasteiger partial charge on any atom is 0.214 e. The van der Waals surface area contributed by atoms with E-state index in [4.69, 9.17) is 4.98 Å². The molecule has 0 spiro atoms. The zero-order valence-electron chi connectivity index (χ0n) is 13.8. The van der Waals surface area contributed by atoms with Crippen LogP contribution < -0.4 is 0 Å². The summed E-state index contributed by atoms with van der Waals surface area (Å²) in [6.07, 6.45) is 5.14. The van der Waals surface area contributed by atoms with Crippen molar-refractivity contribution in [3.05, 3.63) is 24.2 Å². The van der Waals surface area contributed by atoms with Crippen molar-refractivity contribution in [3.8, 4) is 0 Å². The minimum absolute atomic E-state index is 0.128. The van der Waals surface area contributed by atoms with Crippen LogP contribution in [0.25, 0.3) is 11.2 Å². The molecule has 0 bridgehead atoms. The average molecular weight is 336 g/mol. The molecule has 3 rings (SSSR count). The molecule has 0 aliphatic carbocycles. The molecule has 1 aliphatic rings. The summed E-state index contributed by atoms with van der Waals surface area (Å²) in [5.41, 5.74) is 1.77. The summed E-state index contributed by atoms with van der Waals surface area (Å²) in [4.78, 5) is 9.19. The zero-order valence-corrected chi connectivity index (χ0v) is 14.6. The fourth-order valence-corrected chi connectivity index (χ4v) is 4.88. The monoisotopic (exact) mass is 336 g/mol. The molecule has 2 aromatic rings. The van der Waals surface area contributed by atoms with Gasteiger partial charge < -0.3 is 4.57 Å². The second-order valence-electron chi connectivity index (χ2n) is 6.11. The van der Waals surface area contributed by atoms with Crippen molar-refractivity contribution in [1.29, 1.82) is 0 Å². The van der Waals surface area contributed by atoms with E-state index in [1.807, 2.05) is 19.1 Å². The Balaban J connectivity index is 1.93. The van der Waals surface area contributed by atoms with Gasteiger partial charge in [-0.25, -0.2) is 18.4 Å². The summed E-state index contributed by atoms with van der Waals surface area (Å²) >= 11 is 0. The lowest BCUT2D eigenvalue weighted by Crippen LogP contribution is -2.31. The van der Waals surface area contributed by atoms with E-state index < -0.39 is 10.0 Å². The van der Waals surface area contributed by atoms with E-state index in [0.29, 0.717) is 19.5 Å². The number of hydrogen-bond donors (Lipinski definition) is 0. The Bertz CT molecular complexity index is 784. The average Bonchev–Trinajstić information content (AvgIpc) is 3.11. The lowest BCUT2D eigenvalue weighted by atomic mass is 10.2. The highest BCUT2D eigenvalue weighted by Gasteiger charge is 2.33. The second kappa shape index (κ2) is 6.57. The number of pyridine rings is 1. The van der Waals surface area contributed by atoms with Crippen molar-refractivity contribution in [2.75, 3.05) is 18.8 Å². The number of imidazole rings is 1. The maximum absolute atomic E-state index is 12.3. The first-order valence-corrected chi connectivity index (χ1v) is 9.97. The number of fused-ring (bicyclic) bond motifs is 1. The van der Waals surface area contributed by atoms with Crippen LogP contribution in [-0.4, -0.2) is 46.1 Å². The van der Waals surface area contributed by atoms with Crippen LogP contribution in [0.15, 0.2) is 18.3 Å². The molecule has 6 nitrogen and oxygen atoms in total. The highest BCUT2D eigenvalue weighted by Crippen LogP contribution is 2.29. The van der Waals surface area contributed by atoms with Crippen molar-refractivity contribution in [2.24, 2.45) is 0 Å². The number of hydrogen-bond acceptors (Lipinski definition) is 4. The van der Waals surface area contributed by atoms with Gasteiger partial charge in [0.2, 0.25) is 10.0 Å². The molecule has 0 saturated carbocycles. The number of aryl methyl sites for hydroxylation is 1. The van der Waals surface area contributed by atoms with Crippen molar-refractivity contribution >= 4 is 21.2 Å². The van der Waals surface area contributed by atoms with Crippen LogP contribution in [0.2, 0.25) is 0 Å². The summed E-state index contributed by atoms with van der Waals surface area (Å²) in [6, 6.07) is 3.99. The van der Waals surface area contributed by atoms with Crippen molar-refractivity contribution in [1.82, 2.24) is 18.8 Å². The Morgan fingerprint density at radius 1 is 1.30 bits per heavy atom. The molecule has 0 amide bonds. The zero-order chi connectivity index (χ0) is 16.4. The number of nitrogens with zero attached hydrogens (tertiary/aromatic N) is 4. The second-order valence-corrected chi connectivity index (χ2v) is 8.20. The summed E-state index contributed by atoms with van der Waals surface area (Å²) in [5.74, 6) is 1.24. The molecule has 2 aromatic heterocycles. The molecule has 1 unspecified atom stereocenters. The van der Waals surface area contributed by atoms with E-state index in [9.17, 15) is 8.42 Å². The van der Waals surface area contributed by atoms with Crippen LogP contribution in [0.1, 0.15) is 45.0 Å². The van der Waals surface area contributed by atoms with Crippen LogP contribution in [0.3, 0.4) is 0 Å². The maximum atomic E-state index is 12.3.